The van der Waals surface area contributed by atoms with Gasteiger partial charge in [-0.05, 0) is 50.8 Å². The van der Waals surface area contributed by atoms with Crippen molar-refractivity contribution in [2.75, 3.05) is 19.7 Å². The number of ether oxygens (including phenoxy) is 1. The van der Waals surface area contributed by atoms with Gasteiger partial charge in [0.15, 0.2) is 5.69 Å². The number of nitrogens with zero attached hydrogens (tertiary/aromatic N) is 2. The zero-order valence-corrected chi connectivity index (χ0v) is 12.9. The van der Waals surface area contributed by atoms with E-state index in [1.165, 1.54) is 19.3 Å². The molecule has 6 heteroatoms. The molecule has 120 valence electrons. The van der Waals surface area contributed by atoms with E-state index in [-0.39, 0.29) is 12.0 Å². The number of carbonyl (C=O) groups excluding carboxylic acids is 1. The lowest BCUT2D eigenvalue weighted by Gasteiger charge is -2.23. The Morgan fingerprint density at radius 1 is 1.27 bits per heavy atom. The molecule has 0 radical (unpaired) electrons. The van der Waals surface area contributed by atoms with E-state index in [1.54, 1.807) is 6.07 Å². The fourth-order valence-electron chi connectivity index (χ4n) is 3.07. The van der Waals surface area contributed by atoms with Crippen molar-refractivity contribution in [3.63, 3.8) is 0 Å². The van der Waals surface area contributed by atoms with Gasteiger partial charge in [-0.25, -0.2) is 0 Å². The van der Waals surface area contributed by atoms with Crippen LogP contribution in [0, 0.1) is 0 Å². The molecule has 1 amide bonds. The quantitative estimate of drug-likeness (QED) is 0.864. The van der Waals surface area contributed by atoms with Gasteiger partial charge in [0.05, 0.1) is 5.69 Å². The normalized spacial score (nSPS) is 25.1. The minimum Gasteiger partial charge on any atom is -0.372 e. The van der Waals surface area contributed by atoms with Gasteiger partial charge in [-0.1, -0.05) is 6.42 Å². The van der Waals surface area contributed by atoms with E-state index in [9.17, 15) is 4.79 Å². The van der Waals surface area contributed by atoms with E-state index in [1.807, 2.05) is 6.07 Å². The molecule has 2 fully saturated rings. The number of piperidine rings is 1. The summed E-state index contributed by atoms with van der Waals surface area (Å²) in [5.41, 5.74) is 1.19. The summed E-state index contributed by atoms with van der Waals surface area (Å²) in [6.07, 6.45) is 6.79. The van der Waals surface area contributed by atoms with Crippen LogP contribution in [0.5, 0.6) is 0 Å². The Bertz CT molecular complexity index is 479. The second kappa shape index (κ2) is 7.65. The maximum atomic E-state index is 12.1. The molecule has 2 unspecified atom stereocenters. The monoisotopic (exact) mass is 304 g/mol. The van der Waals surface area contributed by atoms with Crippen LogP contribution < -0.4 is 10.6 Å². The first-order chi connectivity index (χ1) is 10.8. The van der Waals surface area contributed by atoms with Crippen molar-refractivity contribution in [1.29, 1.82) is 0 Å². The Labute approximate surface area is 131 Å². The first-order valence-electron chi connectivity index (χ1n) is 8.30. The van der Waals surface area contributed by atoms with Crippen molar-refractivity contribution in [3.8, 4) is 0 Å². The second-order valence-corrected chi connectivity index (χ2v) is 6.04. The lowest BCUT2D eigenvalue weighted by molar-refractivity contribution is 0.0942. The lowest BCUT2D eigenvalue weighted by Crippen LogP contribution is -2.37. The third-order valence-corrected chi connectivity index (χ3v) is 4.37. The van der Waals surface area contributed by atoms with E-state index < -0.39 is 0 Å². The minimum absolute atomic E-state index is 0.0435. The molecule has 2 N–H and O–H groups in total. The number of carbonyl (C=O) groups is 1. The largest absolute Gasteiger partial charge is 0.372 e. The van der Waals surface area contributed by atoms with Gasteiger partial charge in [-0.15, -0.1) is 5.10 Å². The van der Waals surface area contributed by atoms with E-state index in [4.69, 9.17) is 4.74 Å². The molecule has 2 aliphatic heterocycles. The zero-order chi connectivity index (χ0) is 15.2. The van der Waals surface area contributed by atoms with Gasteiger partial charge in [-0.3, -0.25) is 4.79 Å². The van der Waals surface area contributed by atoms with Crippen molar-refractivity contribution in [3.05, 3.63) is 23.5 Å². The van der Waals surface area contributed by atoms with Crippen LogP contribution in [0.3, 0.4) is 0 Å². The maximum Gasteiger partial charge on any atom is 0.271 e. The van der Waals surface area contributed by atoms with Crippen LogP contribution in [0.15, 0.2) is 12.1 Å². The first-order valence-corrected chi connectivity index (χ1v) is 8.30. The minimum atomic E-state index is -0.151. The number of rotatable bonds is 5. The van der Waals surface area contributed by atoms with Crippen LogP contribution in [0.25, 0.3) is 0 Å². The highest BCUT2D eigenvalue weighted by molar-refractivity contribution is 5.91. The fraction of sp³-hybridized carbons (Fsp3) is 0.688. The van der Waals surface area contributed by atoms with Crippen molar-refractivity contribution in [1.82, 2.24) is 20.8 Å². The number of nitrogens with one attached hydrogen (secondary N) is 2. The van der Waals surface area contributed by atoms with E-state index >= 15 is 0 Å². The van der Waals surface area contributed by atoms with Crippen molar-refractivity contribution in [2.24, 2.45) is 0 Å². The molecule has 0 aliphatic carbocycles. The molecule has 0 aromatic carbocycles. The Kier molecular flexibility index (Phi) is 5.34. The highest BCUT2D eigenvalue weighted by Gasteiger charge is 2.20. The predicted molar refractivity (Wildman–Crippen MR) is 82.6 cm³/mol. The Morgan fingerprint density at radius 3 is 2.91 bits per heavy atom. The van der Waals surface area contributed by atoms with Gasteiger partial charge in [-0.2, -0.15) is 5.10 Å². The number of hydrogen-bond donors (Lipinski definition) is 2. The van der Waals surface area contributed by atoms with Crippen LogP contribution in [0.4, 0.5) is 0 Å². The molecule has 2 saturated heterocycles. The third kappa shape index (κ3) is 4.01. The fourth-order valence-corrected chi connectivity index (χ4v) is 3.07. The summed E-state index contributed by atoms with van der Waals surface area (Å²) in [5, 5.41) is 14.6. The van der Waals surface area contributed by atoms with Gasteiger partial charge in [0, 0.05) is 19.2 Å². The summed E-state index contributed by atoms with van der Waals surface area (Å²) < 4.78 is 5.56. The molecule has 0 saturated carbocycles. The molecule has 6 nitrogen and oxygen atoms in total. The van der Waals surface area contributed by atoms with Gasteiger partial charge in [0.2, 0.25) is 0 Å². The number of aromatic nitrogens is 2. The average molecular weight is 304 g/mol. The molecule has 2 atom stereocenters. The lowest BCUT2D eigenvalue weighted by atomic mass is 10.0. The van der Waals surface area contributed by atoms with Crippen molar-refractivity contribution >= 4 is 5.91 Å². The standard InChI is InChI=1S/C16H24N4O2/c21-16(18-10-8-12-4-1-2-9-17-12)14-7-6-13(19-20-14)15-5-3-11-22-15/h6-7,12,15,17H,1-5,8-11H2,(H,18,21). The summed E-state index contributed by atoms with van der Waals surface area (Å²) in [7, 11) is 0. The summed E-state index contributed by atoms with van der Waals surface area (Å²) in [4.78, 5) is 12.1. The van der Waals surface area contributed by atoms with Crippen molar-refractivity contribution in [2.45, 2.75) is 50.7 Å². The Balaban J connectivity index is 1.45. The molecular weight excluding hydrogens is 280 g/mol. The SMILES string of the molecule is O=C(NCCC1CCCCN1)c1ccc(C2CCCO2)nn1. The zero-order valence-electron chi connectivity index (χ0n) is 12.9. The van der Waals surface area contributed by atoms with E-state index in [0.29, 0.717) is 18.3 Å². The van der Waals surface area contributed by atoms with Gasteiger partial charge < -0.3 is 15.4 Å². The first kappa shape index (κ1) is 15.4. The van der Waals surface area contributed by atoms with E-state index in [2.05, 4.69) is 20.8 Å². The Hall–Kier alpha value is -1.53. The van der Waals surface area contributed by atoms with Gasteiger partial charge in [0.1, 0.15) is 6.10 Å². The molecule has 0 spiro atoms. The smallest absolute Gasteiger partial charge is 0.271 e. The van der Waals surface area contributed by atoms with Crippen LogP contribution >= 0.6 is 0 Å². The van der Waals surface area contributed by atoms with Gasteiger partial charge in [0.25, 0.3) is 5.91 Å². The molecule has 0 bridgehead atoms. The molecule has 1 aromatic rings. The van der Waals surface area contributed by atoms with E-state index in [0.717, 1.165) is 38.1 Å². The second-order valence-electron chi connectivity index (χ2n) is 6.04. The molecular formula is C16H24N4O2. The molecule has 2 aliphatic rings. The van der Waals surface area contributed by atoms with Crippen LogP contribution in [0.2, 0.25) is 0 Å². The summed E-state index contributed by atoms with van der Waals surface area (Å²) in [6.45, 7) is 2.55. The molecule has 1 aromatic heterocycles. The highest BCUT2D eigenvalue weighted by atomic mass is 16.5. The summed E-state index contributed by atoms with van der Waals surface area (Å²) in [6, 6.07) is 4.11. The third-order valence-electron chi connectivity index (χ3n) is 4.37. The highest BCUT2D eigenvalue weighted by Crippen LogP contribution is 2.26. The average Bonchev–Trinajstić information content (AvgIpc) is 3.10. The summed E-state index contributed by atoms with van der Waals surface area (Å²) in [5.74, 6) is -0.151. The van der Waals surface area contributed by atoms with Crippen LogP contribution in [0.1, 0.15) is 60.8 Å². The topological polar surface area (TPSA) is 76.1 Å². The van der Waals surface area contributed by atoms with Crippen LogP contribution in [-0.2, 0) is 4.74 Å². The summed E-state index contributed by atoms with van der Waals surface area (Å²) >= 11 is 0. The number of amides is 1. The predicted octanol–water partition coefficient (Wildman–Crippen LogP) is 1.59. The molecule has 3 rings (SSSR count). The van der Waals surface area contributed by atoms with Crippen molar-refractivity contribution < 1.29 is 9.53 Å². The molecule has 22 heavy (non-hydrogen) atoms. The molecule has 3 heterocycles. The van der Waals surface area contributed by atoms with Crippen LogP contribution in [-0.4, -0.2) is 41.8 Å². The van der Waals surface area contributed by atoms with Gasteiger partial charge >= 0.3 is 0 Å². The number of hydrogen-bond acceptors (Lipinski definition) is 5. The maximum absolute atomic E-state index is 12.1. The Morgan fingerprint density at radius 2 is 2.23 bits per heavy atom.